The van der Waals surface area contributed by atoms with Crippen molar-refractivity contribution < 1.29 is 36.7 Å². The maximum Gasteiger partial charge on any atom is 0.350 e. The van der Waals surface area contributed by atoms with Crippen molar-refractivity contribution in [2.45, 2.75) is 50.1 Å². The maximum absolute atomic E-state index is 15.1. The first kappa shape index (κ1) is 25.1. The first-order chi connectivity index (χ1) is 16.6. The van der Waals surface area contributed by atoms with E-state index in [4.69, 9.17) is 0 Å². The Hall–Kier alpha value is -2.98. The molecule has 0 unspecified atom stereocenters. The van der Waals surface area contributed by atoms with Crippen LogP contribution in [0.2, 0.25) is 0 Å². The van der Waals surface area contributed by atoms with Gasteiger partial charge in [-0.3, -0.25) is 19.2 Å². The Bertz CT molecular complexity index is 1020. The summed E-state index contributed by atoms with van der Waals surface area (Å²) in [7, 11) is 0. The lowest BCUT2D eigenvalue weighted by Gasteiger charge is -2.31. The first-order valence-electron chi connectivity index (χ1n) is 11.7. The lowest BCUT2D eigenvalue weighted by Crippen LogP contribution is -2.55. The highest BCUT2D eigenvalue weighted by atomic mass is 19.3. The number of ketones is 1. The largest absolute Gasteiger partial charge is 0.356 e. The smallest absolute Gasteiger partial charge is 0.350 e. The van der Waals surface area contributed by atoms with E-state index in [1.165, 1.54) is 0 Å². The number of amides is 3. The predicted octanol–water partition coefficient (Wildman–Crippen LogP) is 2.09. The fourth-order valence-electron chi connectivity index (χ4n) is 5.61. The minimum absolute atomic E-state index is 0.0702. The van der Waals surface area contributed by atoms with E-state index in [-0.39, 0.29) is 24.8 Å². The monoisotopic (exact) mass is 497 g/mol. The second-order valence-corrected chi connectivity index (χ2v) is 9.52. The Morgan fingerprint density at radius 3 is 2.63 bits per heavy atom. The number of carbonyl (C=O) groups excluding carboxylic acids is 4. The molecule has 2 heterocycles. The number of rotatable bonds is 8. The van der Waals surface area contributed by atoms with Crippen molar-refractivity contribution in [2.24, 2.45) is 17.8 Å². The predicted molar refractivity (Wildman–Crippen MR) is 115 cm³/mol. The molecular weight excluding hydrogens is 470 g/mol. The molecule has 0 aromatic heterocycles. The summed E-state index contributed by atoms with van der Waals surface area (Å²) in [5, 5.41) is 5.06. The molecule has 4 rings (SSSR count). The summed E-state index contributed by atoms with van der Waals surface area (Å²) in [6.07, 6.45) is 2.25. The van der Waals surface area contributed by atoms with Crippen LogP contribution in [0.25, 0.3) is 0 Å². The zero-order valence-corrected chi connectivity index (χ0v) is 18.9. The maximum atomic E-state index is 15.1. The second kappa shape index (κ2) is 9.94. The van der Waals surface area contributed by atoms with Crippen molar-refractivity contribution in [3.8, 4) is 0 Å². The number of halogens is 4. The topological polar surface area (TPSA) is 95.6 Å². The Morgan fingerprint density at radius 2 is 1.97 bits per heavy atom. The van der Waals surface area contributed by atoms with Gasteiger partial charge in [0.25, 0.3) is 5.91 Å². The number of alkyl halides is 3. The van der Waals surface area contributed by atoms with Crippen LogP contribution in [0.15, 0.2) is 24.3 Å². The molecule has 2 aliphatic heterocycles. The zero-order chi connectivity index (χ0) is 25.3. The molecule has 0 bridgehead atoms. The molecule has 3 aliphatic rings. The number of hydrogen-bond acceptors (Lipinski definition) is 4. The molecule has 190 valence electrons. The molecule has 1 aromatic rings. The molecule has 0 radical (unpaired) electrons. The van der Waals surface area contributed by atoms with Gasteiger partial charge in [-0.05, 0) is 49.7 Å². The average Bonchev–Trinajstić information content (AvgIpc) is 3.53. The Labute approximate surface area is 199 Å². The summed E-state index contributed by atoms with van der Waals surface area (Å²) < 4.78 is 57.0. The van der Waals surface area contributed by atoms with Crippen LogP contribution in [-0.2, 0) is 25.1 Å². The van der Waals surface area contributed by atoms with Crippen LogP contribution in [0, 0.1) is 23.6 Å². The molecule has 5 atom stereocenters. The molecule has 7 nitrogen and oxygen atoms in total. The van der Waals surface area contributed by atoms with Crippen molar-refractivity contribution >= 4 is 23.5 Å². The SMILES string of the molecule is O=C1NCC[C@H]1C[C@H](NC(=O)[C@@H]1[C@@H]2CCC[C@@H]2CN1C(=O)C(F)(F)c1cccc(F)c1)C(=O)CF. The molecule has 11 heteroatoms. The highest BCUT2D eigenvalue weighted by Gasteiger charge is 2.55. The molecule has 3 fully saturated rings. The van der Waals surface area contributed by atoms with Gasteiger partial charge in [-0.2, -0.15) is 8.78 Å². The van der Waals surface area contributed by atoms with Gasteiger partial charge in [0.05, 0.1) is 6.04 Å². The highest BCUT2D eigenvalue weighted by molar-refractivity contribution is 5.95. The van der Waals surface area contributed by atoms with E-state index in [1.54, 1.807) is 0 Å². The third kappa shape index (κ3) is 4.90. The Kier molecular flexibility index (Phi) is 7.14. The fourth-order valence-corrected chi connectivity index (χ4v) is 5.61. The summed E-state index contributed by atoms with van der Waals surface area (Å²) in [5.41, 5.74) is -0.823. The van der Waals surface area contributed by atoms with E-state index in [9.17, 15) is 28.0 Å². The quantitative estimate of drug-likeness (QED) is 0.538. The molecule has 3 amide bonds. The standard InChI is InChI=1S/C24H27F4N3O4/c25-11-19(32)18(9-13-7-8-29-21(13)33)30-22(34)20-17-6-1-3-14(17)12-31(20)23(35)24(27,28)15-4-2-5-16(26)10-15/h2,4-5,10,13-14,17-18,20H,1,3,6-9,11-12H2,(H,29,33)(H,30,34)/t13-,14+,17+,18-,20-/m0/s1. The van der Waals surface area contributed by atoms with Gasteiger partial charge in [-0.25, -0.2) is 8.78 Å². The fraction of sp³-hybridized carbons (Fsp3) is 0.583. The third-order valence-corrected chi connectivity index (χ3v) is 7.40. The van der Waals surface area contributed by atoms with Crippen molar-refractivity contribution in [3.63, 3.8) is 0 Å². The van der Waals surface area contributed by atoms with Crippen LogP contribution < -0.4 is 10.6 Å². The molecule has 2 saturated heterocycles. The van der Waals surface area contributed by atoms with Crippen LogP contribution in [0.1, 0.15) is 37.7 Å². The van der Waals surface area contributed by atoms with Crippen molar-refractivity contribution in [1.82, 2.24) is 15.5 Å². The molecular formula is C24H27F4N3O4. The lowest BCUT2D eigenvalue weighted by molar-refractivity contribution is -0.162. The van der Waals surface area contributed by atoms with Crippen LogP contribution >= 0.6 is 0 Å². The van der Waals surface area contributed by atoms with Crippen molar-refractivity contribution in [2.75, 3.05) is 19.8 Å². The highest BCUT2D eigenvalue weighted by Crippen LogP contribution is 2.44. The number of likely N-dealkylation sites (tertiary alicyclic amines) is 1. The van der Waals surface area contributed by atoms with Gasteiger partial charge in [-0.1, -0.05) is 18.6 Å². The molecule has 2 N–H and O–H groups in total. The lowest BCUT2D eigenvalue weighted by atomic mass is 9.92. The average molecular weight is 497 g/mol. The second-order valence-electron chi connectivity index (χ2n) is 9.52. The van der Waals surface area contributed by atoms with Gasteiger partial charge in [0, 0.05) is 24.6 Å². The summed E-state index contributed by atoms with van der Waals surface area (Å²) in [6, 6.07) is 0.972. The van der Waals surface area contributed by atoms with Gasteiger partial charge >= 0.3 is 5.92 Å². The van der Waals surface area contributed by atoms with Gasteiger partial charge in [0.2, 0.25) is 11.8 Å². The summed E-state index contributed by atoms with van der Waals surface area (Å²) >= 11 is 0. The van der Waals surface area contributed by atoms with Crippen LogP contribution in [0.4, 0.5) is 17.6 Å². The normalized spacial score (nSPS) is 26.9. The van der Waals surface area contributed by atoms with Crippen LogP contribution in [-0.4, -0.2) is 60.3 Å². The third-order valence-electron chi connectivity index (χ3n) is 7.40. The number of nitrogens with one attached hydrogen (secondary N) is 2. The van der Waals surface area contributed by atoms with Gasteiger partial charge in [0.1, 0.15) is 18.5 Å². The minimum Gasteiger partial charge on any atom is -0.356 e. The number of fused-ring (bicyclic) bond motifs is 1. The summed E-state index contributed by atoms with van der Waals surface area (Å²) in [6.45, 7) is -1.03. The number of nitrogens with zero attached hydrogens (tertiary/aromatic N) is 1. The van der Waals surface area contributed by atoms with Crippen LogP contribution in [0.5, 0.6) is 0 Å². The summed E-state index contributed by atoms with van der Waals surface area (Å²) in [5.74, 6) is -9.84. The van der Waals surface area contributed by atoms with E-state index < -0.39 is 65.5 Å². The number of benzene rings is 1. The van der Waals surface area contributed by atoms with E-state index in [0.717, 1.165) is 29.5 Å². The molecule has 35 heavy (non-hydrogen) atoms. The van der Waals surface area contributed by atoms with E-state index in [2.05, 4.69) is 10.6 Å². The zero-order valence-electron chi connectivity index (χ0n) is 18.9. The van der Waals surface area contributed by atoms with Crippen LogP contribution in [0.3, 0.4) is 0 Å². The summed E-state index contributed by atoms with van der Waals surface area (Å²) in [4.78, 5) is 51.3. The van der Waals surface area contributed by atoms with Crippen molar-refractivity contribution in [1.29, 1.82) is 0 Å². The Morgan fingerprint density at radius 1 is 1.20 bits per heavy atom. The van der Waals surface area contributed by atoms with Gasteiger partial charge < -0.3 is 15.5 Å². The van der Waals surface area contributed by atoms with E-state index in [0.29, 0.717) is 31.9 Å². The van der Waals surface area contributed by atoms with Gasteiger partial charge in [0.15, 0.2) is 5.78 Å². The van der Waals surface area contributed by atoms with E-state index in [1.807, 2.05) is 0 Å². The number of hydrogen-bond donors (Lipinski definition) is 2. The molecule has 1 saturated carbocycles. The molecule has 1 aliphatic carbocycles. The molecule has 0 spiro atoms. The first-order valence-corrected chi connectivity index (χ1v) is 11.7. The van der Waals surface area contributed by atoms with E-state index >= 15 is 8.78 Å². The molecule has 1 aromatic carbocycles. The number of Topliss-reactive ketones (excluding diaryl/α,β-unsaturated/α-hetero) is 1. The van der Waals surface area contributed by atoms with Crippen molar-refractivity contribution in [3.05, 3.63) is 35.6 Å². The minimum atomic E-state index is -4.07. The van der Waals surface area contributed by atoms with Gasteiger partial charge in [-0.15, -0.1) is 0 Å². The Balaban J connectivity index is 1.57. The number of carbonyl (C=O) groups is 4.